The molecule has 6 nitrogen and oxygen atoms in total. The molecule has 0 N–H and O–H groups in total. The third kappa shape index (κ3) is 5.36. The summed E-state index contributed by atoms with van der Waals surface area (Å²) in [5.74, 6) is 1.93. The van der Waals surface area contributed by atoms with Crippen LogP contribution in [0.1, 0.15) is 39.5 Å². The predicted octanol–water partition coefficient (Wildman–Crippen LogP) is 5.44. The van der Waals surface area contributed by atoms with Gasteiger partial charge in [0.1, 0.15) is 11.9 Å². The number of nitrogens with zero attached hydrogens (tertiary/aromatic N) is 5. The lowest BCUT2D eigenvalue weighted by Gasteiger charge is -2.35. The van der Waals surface area contributed by atoms with E-state index in [4.69, 9.17) is 15.0 Å². The van der Waals surface area contributed by atoms with Gasteiger partial charge in [0, 0.05) is 56.5 Å². The van der Waals surface area contributed by atoms with Crippen LogP contribution in [0, 0.1) is 17.2 Å². The molecule has 0 spiro atoms. The first-order chi connectivity index (χ1) is 16.3. The monoisotopic (exact) mass is 443 g/mol. The van der Waals surface area contributed by atoms with Crippen molar-refractivity contribution in [3.63, 3.8) is 0 Å². The van der Waals surface area contributed by atoms with Gasteiger partial charge < -0.3 is 14.5 Å². The van der Waals surface area contributed by atoms with Crippen LogP contribution in [0.15, 0.2) is 54.7 Å². The van der Waals surface area contributed by atoms with Crippen molar-refractivity contribution < 1.29 is 4.74 Å². The molecular weight excluding hydrogens is 410 g/mol. The van der Waals surface area contributed by atoms with E-state index in [0.717, 1.165) is 74.8 Å². The van der Waals surface area contributed by atoms with E-state index >= 15 is 0 Å². The number of fused-ring (bicyclic) bond motifs is 1. The summed E-state index contributed by atoms with van der Waals surface area (Å²) in [5, 5.41) is 10.3. The zero-order chi connectivity index (χ0) is 23.0. The molecule has 1 aromatic carbocycles. The van der Waals surface area contributed by atoms with Crippen molar-refractivity contribution in [2.24, 2.45) is 5.92 Å². The molecular formula is C27H33N5O. The fourth-order valence-electron chi connectivity index (χ4n) is 4.56. The van der Waals surface area contributed by atoms with Gasteiger partial charge in [0.25, 0.3) is 0 Å². The summed E-state index contributed by atoms with van der Waals surface area (Å²) in [6.07, 6.45) is 5.66. The number of nitriles is 1. The highest BCUT2D eigenvalue weighted by Crippen LogP contribution is 2.32. The highest BCUT2D eigenvalue weighted by atomic mass is 16.5. The van der Waals surface area contributed by atoms with Crippen molar-refractivity contribution in [2.75, 3.05) is 36.0 Å². The van der Waals surface area contributed by atoms with Gasteiger partial charge in [-0.25, -0.2) is 9.97 Å². The molecule has 0 atom stereocenters. The van der Waals surface area contributed by atoms with Gasteiger partial charge in [0.15, 0.2) is 0 Å². The van der Waals surface area contributed by atoms with Crippen LogP contribution in [0.4, 0.5) is 11.5 Å². The van der Waals surface area contributed by atoms with E-state index in [1.165, 1.54) is 5.39 Å². The maximum Gasteiger partial charge on any atom is 0.237 e. The average Bonchev–Trinajstić information content (AvgIpc) is 2.90. The molecule has 33 heavy (non-hydrogen) atoms. The van der Waals surface area contributed by atoms with Crippen LogP contribution in [-0.2, 0) is 0 Å². The molecule has 0 unspecified atom stereocenters. The summed E-state index contributed by atoms with van der Waals surface area (Å²) in [6, 6.07) is 19.0. The second-order valence-electron chi connectivity index (χ2n) is 8.38. The Morgan fingerprint density at radius 3 is 2.36 bits per heavy atom. The smallest absolute Gasteiger partial charge is 0.237 e. The molecule has 3 aromatic rings. The first-order valence-corrected chi connectivity index (χ1v) is 12.2. The summed E-state index contributed by atoms with van der Waals surface area (Å²) < 4.78 is 6.38. The SMILES string of the molecule is CC.N#CC1CCN(c2cccnc2OC2CCN(c3ccc4ccccc4n3)CC2)CC1. The molecule has 6 heteroatoms. The van der Waals surface area contributed by atoms with Crippen molar-refractivity contribution in [3.05, 3.63) is 54.7 Å². The van der Waals surface area contributed by atoms with Gasteiger partial charge in [-0.2, -0.15) is 5.26 Å². The van der Waals surface area contributed by atoms with Crippen LogP contribution in [0.25, 0.3) is 10.9 Å². The van der Waals surface area contributed by atoms with Gasteiger partial charge >= 0.3 is 0 Å². The number of rotatable bonds is 4. The summed E-state index contributed by atoms with van der Waals surface area (Å²) >= 11 is 0. The molecule has 0 aliphatic carbocycles. The minimum atomic E-state index is 0.155. The quantitative estimate of drug-likeness (QED) is 0.535. The first kappa shape index (κ1) is 22.8. The minimum Gasteiger partial charge on any atom is -0.473 e. The van der Waals surface area contributed by atoms with Crippen molar-refractivity contribution >= 4 is 22.4 Å². The highest BCUT2D eigenvalue weighted by Gasteiger charge is 2.25. The molecule has 2 saturated heterocycles. The number of hydrogen-bond donors (Lipinski definition) is 0. The lowest BCUT2D eigenvalue weighted by atomic mass is 9.98. The van der Waals surface area contributed by atoms with Crippen molar-refractivity contribution in [3.8, 4) is 11.9 Å². The third-order valence-electron chi connectivity index (χ3n) is 6.40. The van der Waals surface area contributed by atoms with E-state index in [2.05, 4.69) is 51.2 Å². The predicted molar refractivity (Wildman–Crippen MR) is 134 cm³/mol. The van der Waals surface area contributed by atoms with E-state index < -0.39 is 0 Å². The Morgan fingerprint density at radius 2 is 1.61 bits per heavy atom. The normalized spacial score (nSPS) is 17.2. The van der Waals surface area contributed by atoms with Gasteiger partial charge in [0.2, 0.25) is 5.88 Å². The maximum absolute atomic E-state index is 9.16. The van der Waals surface area contributed by atoms with Crippen molar-refractivity contribution in [2.45, 2.75) is 45.6 Å². The lowest BCUT2D eigenvalue weighted by molar-refractivity contribution is 0.164. The second-order valence-corrected chi connectivity index (χ2v) is 8.38. The van der Waals surface area contributed by atoms with Gasteiger partial charge in [-0.1, -0.05) is 32.0 Å². The number of aromatic nitrogens is 2. The number of pyridine rings is 2. The number of piperidine rings is 2. The Bertz CT molecular complexity index is 1080. The summed E-state index contributed by atoms with van der Waals surface area (Å²) in [5.41, 5.74) is 2.09. The Morgan fingerprint density at radius 1 is 0.879 bits per heavy atom. The molecule has 0 saturated carbocycles. The molecule has 2 aliphatic heterocycles. The van der Waals surface area contributed by atoms with Crippen molar-refractivity contribution in [1.29, 1.82) is 5.26 Å². The third-order valence-corrected chi connectivity index (χ3v) is 6.40. The van der Waals surface area contributed by atoms with Crippen molar-refractivity contribution in [1.82, 2.24) is 9.97 Å². The van der Waals surface area contributed by atoms with Crippen LogP contribution in [-0.4, -0.2) is 42.3 Å². The zero-order valence-corrected chi connectivity index (χ0v) is 19.7. The van der Waals surface area contributed by atoms with Crippen LogP contribution in [0.5, 0.6) is 5.88 Å². The molecule has 2 aliphatic rings. The average molecular weight is 444 g/mol. The Labute approximate surface area is 196 Å². The van der Waals surface area contributed by atoms with Gasteiger partial charge in [-0.15, -0.1) is 0 Å². The van der Waals surface area contributed by atoms with E-state index in [1.807, 2.05) is 32.0 Å². The zero-order valence-electron chi connectivity index (χ0n) is 19.7. The number of para-hydroxylation sites is 1. The maximum atomic E-state index is 9.16. The molecule has 0 amide bonds. The largest absolute Gasteiger partial charge is 0.473 e. The fourth-order valence-corrected chi connectivity index (χ4v) is 4.56. The molecule has 0 bridgehead atoms. The molecule has 172 valence electrons. The fraction of sp³-hybridized carbons (Fsp3) is 0.444. The van der Waals surface area contributed by atoms with Gasteiger partial charge in [-0.05, 0) is 43.2 Å². The van der Waals surface area contributed by atoms with Crippen LogP contribution in [0.3, 0.4) is 0 Å². The Hall–Kier alpha value is -3.33. The van der Waals surface area contributed by atoms with Crippen LogP contribution in [0.2, 0.25) is 0 Å². The number of benzene rings is 1. The Kier molecular flexibility index (Phi) is 7.62. The van der Waals surface area contributed by atoms with E-state index in [-0.39, 0.29) is 12.0 Å². The standard InChI is InChI=1S/C25H27N5O.C2H6/c26-18-19-9-14-29(15-10-19)23-6-3-13-27-25(23)31-21-11-16-30(17-12-21)24-8-7-20-4-1-2-5-22(20)28-24;1-2/h1-8,13,19,21H,9-12,14-17H2;1-2H3. The molecule has 4 heterocycles. The second kappa shape index (κ2) is 11.0. The summed E-state index contributed by atoms with van der Waals surface area (Å²) in [6.45, 7) is 7.61. The number of hydrogen-bond acceptors (Lipinski definition) is 6. The van der Waals surface area contributed by atoms with E-state index in [0.29, 0.717) is 0 Å². The summed E-state index contributed by atoms with van der Waals surface area (Å²) in [7, 11) is 0. The van der Waals surface area contributed by atoms with Crippen LogP contribution < -0.4 is 14.5 Å². The lowest BCUT2D eigenvalue weighted by Crippen LogP contribution is -2.39. The minimum absolute atomic E-state index is 0.155. The number of anilines is 2. The van der Waals surface area contributed by atoms with Gasteiger partial charge in [0.05, 0.1) is 17.3 Å². The molecule has 2 fully saturated rings. The molecule has 0 radical (unpaired) electrons. The highest BCUT2D eigenvalue weighted by molar-refractivity contribution is 5.80. The molecule has 5 rings (SSSR count). The Balaban J connectivity index is 0.00000126. The summed E-state index contributed by atoms with van der Waals surface area (Å²) in [4.78, 5) is 14.0. The van der Waals surface area contributed by atoms with Crippen LogP contribution >= 0.6 is 0 Å². The van der Waals surface area contributed by atoms with Gasteiger partial charge in [-0.3, -0.25) is 0 Å². The van der Waals surface area contributed by atoms with E-state index in [1.54, 1.807) is 6.20 Å². The topological polar surface area (TPSA) is 65.3 Å². The molecule has 2 aromatic heterocycles. The number of ether oxygens (including phenoxy) is 1. The first-order valence-electron chi connectivity index (χ1n) is 12.2. The van der Waals surface area contributed by atoms with E-state index in [9.17, 15) is 0 Å².